The second-order valence-corrected chi connectivity index (χ2v) is 6.59. The van der Waals surface area contributed by atoms with E-state index in [1.54, 1.807) is 0 Å². The first-order chi connectivity index (χ1) is 10.9. The van der Waals surface area contributed by atoms with Crippen LogP contribution in [0.15, 0.2) is 42.5 Å². The number of anilines is 2. The normalized spacial score (nSPS) is 20.4. The van der Waals surface area contributed by atoms with Crippen LogP contribution in [0.4, 0.5) is 11.4 Å². The number of benzene rings is 2. The molecule has 0 radical (unpaired) electrons. The van der Waals surface area contributed by atoms with E-state index in [4.69, 9.17) is 5.73 Å². The average Bonchev–Trinajstić information content (AvgIpc) is 2.60. The molecule has 0 bridgehead atoms. The molecule has 2 aromatic carbocycles. The summed E-state index contributed by atoms with van der Waals surface area (Å²) in [7, 11) is 0. The fraction of sp³-hybridized carbons (Fsp3) is 0.400. The van der Waals surface area contributed by atoms with Crippen molar-refractivity contribution in [2.45, 2.75) is 38.0 Å². The van der Waals surface area contributed by atoms with Crippen LogP contribution in [-0.4, -0.2) is 13.1 Å². The van der Waals surface area contributed by atoms with E-state index in [9.17, 15) is 0 Å². The van der Waals surface area contributed by atoms with Gasteiger partial charge in [0.25, 0.3) is 0 Å². The van der Waals surface area contributed by atoms with Crippen LogP contribution < -0.4 is 10.6 Å². The Morgan fingerprint density at radius 3 is 2.77 bits per heavy atom. The van der Waals surface area contributed by atoms with Gasteiger partial charge in [-0.05, 0) is 79.5 Å². The van der Waals surface area contributed by atoms with E-state index < -0.39 is 0 Å². The van der Waals surface area contributed by atoms with Crippen molar-refractivity contribution < 1.29 is 0 Å². The minimum Gasteiger partial charge on any atom is -0.341 e. The molecule has 1 unspecified atom stereocenters. The van der Waals surface area contributed by atoms with Gasteiger partial charge in [0.05, 0.1) is 0 Å². The molecule has 2 N–H and O–H groups in total. The summed E-state index contributed by atoms with van der Waals surface area (Å²) in [4.78, 5) is 2.49. The highest BCUT2D eigenvalue weighted by Crippen LogP contribution is 2.37. The molecule has 0 aromatic heterocycles. The maximum absolute atomic E-state index is 5.95. The van der Waals surface area contributed by atoms with Gasteiger partial charge in [-0.1, -0.05) is 24.3 Å². The molecule has 0 spiro atoms. The molecule has 1 aliphatic heterocycles. The zero-order chi connectivity index (χ0) is 14.9. The van der Waals surface area contributed by atoms with E-state index in [-0.39, 0.29) is 0 Å². The largest absolute Gasteiger partial charge is 0.341 e. The number of fused-ring (bicyclic) bond motifs is 2. The van der Waals surface area contributed by atoms with Gasteiger partial charge >= 0.3 is 0 Å². The van der Waals surface area contributed by atoms with Gasteiger partial charge in [-0.25, -0.2) is 0 Å². The van der Waals surface area contributed by atoms with E-state index >= 15 is 0 Å². The standard InChI is InChI=1S/C20H24N2/c21-14-17-7-3-6-16-13-18(10-11-19(16)17)22-12-4-8-15-5-1-2-9-20(15)22/h1-2,5,9-11,13,17H,3-4,6-8,12,14,21H2. The molecule has 0 amide bonds. The smallest absolute Gasteiger partial charge is 0.0443 e. The predicted molar refractivity (Wildman–Crippen MR) is 92.9 cm³/mol. The maximum atomic E-state index is 5.95. The van der Waals surface area contributed by atoms with Gasteiger partial charge in [0, 0.05) is 17.9 Å². The molecule has 1 atom stereocenters. The summed E-state index contributed by atoms with van der Waals surface area (Å²) in [6.45, 7) is 1.90. The Labute approximate surface area is 132 Å². The van der Waals surface area contributed by atoms with Crippen molar-refractivity contribution in [2.24, 2.45) is 5.73 Å². The van der Waals surface area contributed by atoms with Gasteiger partial charge in [-0.2, -0.15) is 0 Å². The maximum Gasteiger partial charge on any atom is 0.0443 e. The third-order valence-electron chi connectivity index (χ3n) is 5.27. The first-order valence-electron chi connectivity index (χ1n) is 8.55. The van der Waals surface area contributed by atoms with E-state index in [0.29, 0.717) is 5.92 Å². The second-order valence-electron chi connectivity index (χ2n) is 6.59. The number of hydrogen-bond acceptors (Lipinski definition) is 2. The van der Waals surface area contributed by atoms with Gasteiger partial charge in [-0.3, -0.25) is 0 Å². The molecule has 2 heteroatoms. The Balaban J connectivity index is 1.73. The Hall–Kier alpha value is -1.80. The highest BCUT2D eigenvalue weighted by atomic mass is 15.1. The Kier molecular flexibility index (Phi) is 3.63. The van der Waals surface area contributed by atoms with Crippen molar-refractivity contribution >= 4 is 11.4 Å². The van der Waals surface area contributed by atoms with E-state index in [1.165, 1.54) is 60.2 Å². The molecule has 22 heavy (non-hydrogen) atoms. The highest BCUT2D eigenvalue weighted by molar-refractivity contribution is 5.69. The monoisotopic (exact) mass is 292 g/mol. The number of nitrogens with two attached hydrogens (primary N) is 1. The van der Waals surface area contributed by atoms with E-state index in [2.05, 4.69) is 47.4 Å². The van der Waals surface area contributed by atoms with Gasteiger partial charge in [0.1, 0.15) is 0 Å². The van der Waals surface area contributed by atoms with Crippen molar-refractivity contribution in [3.05, 3.63) is 59.2 Å². The fourth-order valence-corrected chi connectivity index (χ4v) is 4.12. The summed E-state index contributed by atoms with van der Waals surface area (Å²) in [6.07, 6.45) is 6.16. The lowest BCUT2D eigenvalue weighted by atomic mass is 9.82. The predicted octanol–water partition coefficient (Wildman–Crippen LogP) is 4.15. The Morgan fingerprint density at radius 1 is 1.00 bits per heavy atom. The van der Waals surface area contributed by atoms with Gasteiger partial charge in [-0.15, -0.1) is 0 Å². The number of para-hydroxylation sites is 1. The molecule has 114 valence electrons. The molecule has 1 aliphatic carbocycles. The third kappa shape index (κ3) is 2.32. The van der Waals surface area contributed by atoms with E-state index in [0.717, 1.165) is 13.1 Å². The van der Waals surface area contributed by atoms with Crippen LogP contribution in [0, 0.1) is 0 Å². The molecule has 2 aliphatic rings. The van der Waals surface area contributed by atoms with Crippen molar-refractivity contribution in [3.63, 3.8) is 0 Å². The summed E-state index contributed by atoms with van der Waals surface area (Å²) < 4.78 is 0. The van der Waals surface area contributed by atoms with Crippen molar-refractivity contribution in [2.75, 3.05) is 18.0 Å². The molecule has 4 rings (SSSR count). The molecule has 2 aromatic rings. The quantitative estimate of drug-likeness (QED) is 0.901. The van der Waals surface area contributed by atoms with Crippen LogP contribution in [0.5, 0.6) is 0 Å². The molecular formula is C20H24N2. The minimum absolute atomic E-state index is 0.562. The van der Waals surface area contributed by atoms with Crippen LogP contribution >= 0.6 is 0 Å². The summed E-state index contributed by atoms with van der Waals surface area (Å²) >= 11 is 0. The molecule has 1 heterocycles. The molecule has 0 saturated carbocycles. The zero-order valence-corrected chi connectivity index (χ0v) is 13.1. The topological polar surface area (TPSA) is 29.3 Å². The SMILES string of the molecule is NCC1CCCc2cc(N3CCCc4ccccc43)ccc21. The first kappa shape index (κ1) is 13.8. The lowest BCUT2D eigenvalue weighted by Gasteiger charge is -2.33. The van der Waals surface area contributed by atoms with Crippen LogP contribution in [0.25, 0.3) is 0 Å². The van der Waals surface area contributed by atoms with Gasteiger partial charge in [0.2, 0.25) is 0 Å². The minimum atomic E-state index is 0.562. The molecule has 2 nitrogen and oxygen atoms in total. The van der Waals surface area contributed by atoms with Crippen LogP contribution in [-0.2, 0) is 12.8 Å². The lowest BCUT2D eigenvalue weighted by molar-refractivity contribution is 0.560. The summed E-state index contributed by atoms with van der Waals surface area (Å²) in [5.41, 5.74) is 13.2. The first-order valence-corrected chi connectivity index (χ1v) is 8.55. The second kappa shape index (κ2) is 5.77. The zero-order valence-electron chi connectivity index (χ0n) is 13.1. The molecule has 0 fully saturated rings. The van der Waals surface area contributed by atoms with Gasteiger partial charge in [0.15, 0.2) is 0 Å². The van der Waals surface area contributed by atoms with Crippen molar-refractivity contribution in [3.8, 4) is 0 Å². The summed E-state index contributed by atoms with van der Waals surface area (Å²) in [5.74, 6) is 0.562. The molecular weight excluding hydrogens is 268 g/mol. The summed E-state index contributed by atoms with van der Waals surface area (Å²) in [5, 5.41) is 0. The average molecular weight is 292 g/mol. The number of aryl methyl sites for hydroxylation is 2. The van der Waals surface area contributed by atoms with Crippen LogP contribution in [0.3, 0.4) is 0 Å². The number of rotatable bonds is 2. The number of nitrogens with zero attached hydrogens (tertiary/aromatic N) is 1. The van der Waals surface area contributed by atoms with Crippen molar-refractivity contribution in [1.29, 1.82) is 0 Å². The fourth-order valence-electron chi connectivity index (χ4n) is 4.12. The van der Waals surface area contributed by atoms with Crippen LogP contribution in [0.1, 0.15) is 41.9 Å². The summed E-state index contributed by atoms with van der Waals surface area (Å²) in [6, 6.07) is 15.9. The highest BCUT2D eigenvalue weighted by Gasteiger charge is 2.22. The van der Waals surface area contributed by atoms with E-state index in [1.807, 2.05) is 0 Å². The van der Waals surface area contributed by atoms with Crippen molar-refractivity contribution in [1.82, 2.24) is 0 Å². The Morgan fingerprint density at radius 2 is 1.86 bits per heavy atom. The van der Waals surface area contributed by atoms with Gasteiger partial charge < -0.3 is 10.6 Å². The Bertz CT molecular complexity index is 677. The van der Waals surface area contributed by atoms with Crippen LogP contribution in [0.2, 0.25) is 0 Å². The lowest BCUT2D eigenvalue weighted by Crippen LogP contribution is -2.25. The number of hydrogen-bond donors (Lipinski definition) is 1. The third-order valence-corrected chi connectivity index (χ3v) is 5.27. The molecule has 0 saturated heterocycles.